The molecule has 0 saturated heterocycles. The third-order valence-electron chi connectivity index (χ3n) is 5.63. The van der Waals surface area contributed by atoms with Crippen LogP contribution in [0.1, 0.15) is 66.1 Å². The van der Waals surface area contributed by atoms with Crippen molar-refractivity contribution in [3.63, 3.8) is 0 Å². The van der Waals surface area contributed by atoms with Crippen LogP contribution in [0.5, 0.6) is 0 Å². The van der Waals surface area contributed by atoms with Crippen molar-refractivity contribution in [1.82, 2.24) is 0 Å². The lowest BCUT2D eigenvalue weighted by Crippen LogP contribution is -2.21. The van der Waals surface area contributed by atoms with Gasteiger partial charge in [-0.2, -0.15) is 26.3 Å². The zero-order valence-electron chi connectivity index (χ0n) is 20.6. The standard InChI is InChI=1S/C26H20Cl3F9O2/c1-12(5-15(39)11-25(33,34)35)6-22(40)16-4-3-13(7-18(16)26(36,37)38)21(30)10-17(24(2,31)32)14-8-19(27)23(29)20(28)9-14/h3-4,7-10,12,17H,5-6,11H2,1-2H3/b21-10-/t12-,17?/m1/s1. The van der Waals surface area contributed by atoms with Crippen LogP contribution in [0.15, 0.2) is 36.4 Å². The van der Waals surface area contributed by atoms with E-state index >= 15 is 4.39 Å². The molecule has 0 bridgehead atoms. The average Bonchev–Trinajstić information content (AvgIpc) is 2.77. The second-order valence-electron chi connectivity index (χ2n) is 9.27. The highest BCUT2D eigenvalue weighted by molar-refractivity contribution is 6.48. The molecule has 0 spiro atoms. The van der Waals surface area contributed by atoms with E-state index in [-0.39, 0.29) is 26.7 Å². The molecule has 0 saturated carbocycles. The Bertz CT molecular complexity index is 1270. The number of rotatable bonds is 10. The van der Waals surface area contributed by atoms with Gasteiger partial charge in [-0.3, -0.25) is 9.59 Å². The monoisotopic (exact) mass is 640 g/mol. The average molecular weight is 642 g/mol. The summed E-state index contributed by atoms with van der Waals surface area (Å²) in [7, 11) is 0. The molecule has 1 unspecified atom stereocenters. The molecule has 0 aliphatic rings. The van der Waals surface area contributed by atoms with E-state index in [9.17, 15) is 44.7 Å². The minimum atomic E-state index is -5.19. The molecule has 2 aromatic rings. The second kappa shape index (κ2) is 12.7. The number of carbonyl (C=O) groups is 2. The second-order valence-corrected chi connectivity index (χ2v) is 10.5. The predicted molar refractivity (Wildman–Crippen MR) is 134 cm³/mol. The molecule has 40 heavy (non-hydrogen) atoms. The van der Waals surface area contributed by atoms with Gasteiger partial charge in [0.2, 0.25) is 0 Å². The summed E-state index contributed by atoms with van der Waals surface area (Å²) in [6.45, 7) is 1.66. The van der Waals surface area contributed by atoms with Gasteiger partial charge in [-0.15, -0.1) is 0 Å². The van der Waals surface area contributed by atoms with Crippen LogP contribution in [0.3, 0.4) is 0 Å². The summed E-state index contributed by atoms with van der Waals surface area (Å²) in [4.78, 5) is 24.1. The van der Waals surface area contributed by atoms with E-state index in [0.717, 1.165) is 18.2 Å². The molecule has 0 aromatic heterocycles. The van der Waals surface area contributed by atoms with Crippen molar-refractivity contribution in [2.75, 3.05) is 0 Å². The fraction of sp³-hybridized carbons (Fsp3) is 0.385. The summed E-state index contributed by atoms with van der Waals surface area (Å²) >= 11 is 17.6. The van der Waals surface area contributed by atoms with Crippen LogP contribution in [-0.2, 0) is 11.0 Å². The van der Waals surface area contributed by atoms with Crippen molar-refractivity contribution in [1.29, 1.82) is 0 Å². The molecule has 2 nitrogen and oxygen atoms in total. The van der Waals surface area contributed by atoms with Gasteiger partial charge in [0.25, 0.3) is 5.92 Å². The van der Waals surface area contributed by atoms with Crippen molar-refractivity contribution >= 4 is 52.2 Å². The smallest absolute Gasteiger partial charge is 0.299 e. The van der Waals surface area contributed by atoms with Gasteiger partial charge in [0.15, 0.2) is 5.78 Å². The lowest BCUT2D eigenvalue weighted by atomic mass is 9.90. The lowest BCUT2D eigenvalue weighted by Gasteiger charge is -2.22. The van der Waals surface area contributed by atoms with Gasteiger partial charge < -0.3 is 0 Å². The Kier molecular flexibility index (Phi) is 10.8. The first-order valence-corrected chi connectivity index (χ1v) is 12.5. The van der Waals surface area contributed by atoms with Crippen LogP contribution in [0.2, 0.25) is 15.1 Å². The molecule has 0 fully saturated rings. The Labute approximate surface area is 238 Å². The predicted octanol–water partition coefficient (Wildman–Crippen LogP) is 10.5. The van der Waals surface area contributed by atoms with Gasteiger partial charge in [0.1, 0.15) is 18.0 Å². The van der Waals surface area contributed by atoms with Crippen LogP contribution >= 0.6 is 34.8 Å². The molecule has 2 rings (SSSR count). The van der Waals surface area contributed by atoms with Crippen molar-refractivity contribution in [2.24, 2.45) is 5.92 Å². The Morgan fingerprint density at radius 3 is 1.93 bits per heavy atom. The molecule has 0 radical (unpaired) electrons. The molecule has 2 aromatic carbocycles. The molecular formula is C26H20Cl3F9O2. The minimum absolute atomic E-state index is 0.149. The highest BCUT2D eigenvalue weighted by Gasteiger charge is 2.38. The van der Waals surface area contributed by atoms with E-state index < -0.39 is 83.5 Å². The molecule has 0 aliphatic heterocycles. The van der Waals surface area contributed by atoms with E-state index in [0.29, 0.717) is 19.1 Å². The fourth-order valence-electron chi connectivity index (χ4n) is 3.89. The van der Waals surface area contributed by atoms with Gasteiger partial charge in [0, 0.05) is 30.9 Å². The van der Waals surface area contributed by atoms with Crippen LogP contribution in [0.25, 0.3) is 5.83 Å². The molecule has 0 N–H and O–H groups in total. The lowest BCUT2D eigenvalue weighted by molar-refractivity contribution is -0.152. The number of allylic oxidation sites excluding steroid dienone is 1. The summed E-state index contributed by atoms with van der Waals surface area (Å²) in [6.07, 6.45) is -12.7. The first-order valence-electron chi connectivity index (χ1n) is 11.3. The third-order valence-corrected chi connectivity index (χ3v) is 6.83. The minimum Gasteiger partial charge on any atom is -0.299 e. The van der Waals surface area contributed by atoms with Crippen LogP contribution in [0.4, 0.5) is 39.5 Å². The van der Waals surface area contributed by atoms with Crippen LogP contribution < -0.4 is 0 Å². The normalized spacial score (nSPS) is 14.7. The van der Waals surface area contributed by atoms with Gasteiger partial charge >= 0.3 is 12.4 Å². The Morgan fingerprint density at radius 2 is 1.45 bits per heavy atom. The number of benzene rings is 2. The molecule has 2 atom stereocenters. The Morgan fingerprint density at radius 1 is 0.900 bits per heavy atom. The van der Waals surface area contributed by atoms with Crippen molar-refractivity contribution in [3.05, 3.63) is 73.7 Å². The number of Topliss-reactive ketones (excluding diaryl/α,β-unsaturated/α-hetero) is 2. The van der Waals surface area contributed by atoms with E-state index in [2.05, 4.69) is 0 Å². The van der Waals surface area contributed by atoms with Crippen LogP contribution in [-0.4, -0.2) is 23.7 Å². The van der Waals surface area contributed by atoms with E-state index in [1.165, 1.54) is 6.92 Å². The van der Waals surface area contributed by atoms with Crippen molar-refractivity contribution < 1.29 is 49.1 Å². The highest BCUT2D eigenvalue weighted by atomic mass is 35.5. The van der Waals surface area contributed by atoms with Gasteiger partial charge in [-0.05, 0) is 35.8 Å². The van der Waals surface area contributed by atoms with Crippen LogP contribution in [0, 0.1) is 5.92 Å². The van der Waals surface area contributed by atoms with Gasteiger partial charge in [-0.1, -0.05) is 53.9 Å². The van der Waals surface area contributed by atoms with E-state index in [4.69, 9.17) is 34.8 Å². The summed E-state index contributed by atoms with van der Waals surface area (Å²) in [5, 5.41) is -0.587. The number of halogens is 12. The molecule has 0 amide bonds. The quantitative estimate of drug-likeness (QED) is 0.147. The molecular weight excluding hydrogens is 622 g/mol. The number of hydrogen-bond acceptors (Lipinski definition) is 2. The number of hydrogen-bond donors (Lipinski definition) is 0. The summed E-state index contributed by atoms with van der Waals surface area (Å²) in [5.41, 5.74) is -3.57. The Balaban J connectivity index is 2.44. The molecule has 0 heterocycles. The number of carbonyl (C=O) groups excluding carboxylic acids is 2. The maximum absolute atomic E-state index is 15.1. The number of ketones is 2. The first kappa shape index (κ1) is 34.0. The number of alkyl halides is 8. The maximum Gasteiger partial charge on any atom is 0.417 e. The molecule has 0 aliphatic carbocycles. The summed E-state index contributed by atoms with van der Waals surface area (Å²) < 4.78 is 122. The summed E-state index contributed by atoms with van der Waals surface area (Å²) in [6, 6.07) is 3.66. The van der Waals surface area contributed by atoms with Gasteiger partial charge in [0.05, 0.1) is 26.5 Å². The first-order chi connectivity index (χ1) is 18.1. The topological polar surface area (TPSA) is 34.1 Å². The third kappa shape index (κ3) is 9.41. The van der Waals surface area contributed by atoms with Crippen molar-refractivity contribution in [3.8, 4) is 0 Å². The summed E-state index contributed by atoms with van der Waals surface area (Å²) in [5.74, 6) is -10.6. The molecule has 14 heteroatoms. The Hall–Kier alpha value is -2.24. The zero-order chi connectivity index (χ0) is 30.8. The zero-order valence-corrected chi connectivity index (χ0v) is 22.9. The van der Waals surface area contributed by atoms with E-state index in [1.807, 2.05) is 0 Å². The highest BCUT2D eigenvalue weighted by Crippen LogP contribution is 2.42. The van der Waals surface area contributed by atoms with Gasteiger partial charge in [-0.25, -0.2) is 13.2 Å². The SMILES string of the molecule is C[C@H](CC(=O)CC(F)(F)F)CC(=O)c1ccc(/C(F)=C/C(c2cc(Cl)c(Cl)c(Cl)c2)C(C)(F)F)cc1C(F)(F)F. The fourth-order valence-corrected chi connectivity index (χ4v) is 4.50. The largest absolute Gasteiger partial charge is 0.417 e. The molecule has 220 valence electrons. The van der Waals surface area contributed by atoms with Crippen molar-refractivity contribution in [2.45, 2.75) is 57.3 Å². The maximum atomic E-state index is 15.1. The van der Waals surface area contributed by atoms with E-state index in [1.54, 1.807) is 0 Å².